The molecule has 1 fully saturated rings. The Morgan fingerprint density at radius 1 is 0.694 bits per heavy atom. The Morgan fingerprint density at radius 2 is 1.15 bits per heavy atom. The number of nitrogens with zero attached hydrogens (tertiary/aromatic N) is 1. The van der Waals surface area contributed by atoms with E-state index in [1.54, 1.807) is 61.1 Å². The van der Waals surface area contributed by atoms with Crippen molar-refractivity contribution in [2.45, 2.75) is 140 Å². The van der Waals surface area contributed by atoms with Crippen molar-refractivity contribution in [1.29, 1.82) is 0 Å². The minimum Gasteiger partial charge on any atom is -0.368 e. The topological polar surface area (TPSA) is 179 Å². The predicted molar refractivity (Wildman–Crippen MR) is 268 cm³/mol. The second kappa shape index (κ2) is 31.5. The number of carbonyl (C=O) groups is 6. The monoisotopic (exact) mass is 992 g/mol. The first kappa shape index (κ1) is 63.6. The minimum absolute atomic E-state index is 0.0311. The number of ether oxygens (including phenoxy) is 4. The van der Waals surface area contributed by atoms with Crippen molar-refractivity contribution in [2.24, 2.45) is 11.8 Å². The van der Waals surface area contributed by atoms with Gasteiger partial charge in [0, 0.05) is 88.6 Å². The van der Waals surface area contributed by atoms with Crippen molar-refractivity contribution in [3.8, 4) is 0 Å². The fourth-order valence-electron chi connectivity index (χ4n) is 5.07. The maximum absolute atomic E-state index is 13.4. The number of rotatable bonds is 28. The summed E-state index contributed by atoms with van der Waals surface area (Å²) in [4.78, 5) is 76.1. The first-order valence-electron chi connectivity index (χ1n) is 20.7. The highest BCUT2D eigenvalue weighted by Gasteiger charge is 2.42. The van der Waals surface area contributed by atoms with Crippen LogP contribution in [0.2, 0.25) is 0 Å². The van der Waals surface area contributed by atoms with Crippen LogP contribution in [0.4, 0.5) is 0 Å². The van der Waals surface area contributed by atoms with E-state index in [1.807, 2.05) is 48.6 Å². The summed E-state index contributed by atoms with van der Waals surface area (Å²) in [6, 6.07) is -1.85. The summed E-state index contributed by atoms with van der Waals surface area (Å²) in [5.74, 6) is 0.111. The van der Waals surface area contributed by atoms with Crippen molar-refractivity contribution in [1.82, 2.24) is 20.9 Å². The number of amides is 2. The van der Waals surface area contributed by atoms with E-state index in [0.717, 1.165) is 0 Å². The van der Waals surface area contributed by atoms with Crippen LogP contribution in [-0.4, -0.2) is 162 Å². The number of carbonyl (C=O) groups excluding carboxylic acids is 6. The Labute approximate surface area is 402 Å². The molecule has 1 saturated heterocycles. The van der Waals surface area contributed by atoms with Gasteiger partial charge < -0.3 is 34.9 Å². The van der Waals surface area contributed by atoms with Gasteiger partial charge in [0.1, 0.15) is 9.87 Å². The molecule has 0 aromatic rings. The minimum atomic E-state index is -0.626. The lowest BCUT2D eigenvalue weighted by Gasteiger charge is -2.31. The van der Waals surface area contributed by atoms with Crippen LogP contribution in [0, 0.1) is 11.8 Å². The second-order valence-electron chi connectivity index (χ2n) is 16.4. The molecule has 0 unspecified atom stereocenters. The molecule has 1 heterocycles. The molecule has 3 N–H and O–H groups in total. The molecule has 20 heteroatoms. The van der Waals surface area contributed by atoms with Gasteiger partial charge in [0.05, 0.1) is 40.9 Å². The van der Waals surface area contributed by atoms with Crippen molar-refractivity contribution < 1.29 is 47.7 Å². The van der Waals surface area contributed by atoms with Crippen LogP contribution in [0.1, 0.15) is 94.9 Å². The van der Waals surface area contributed by atoms with Crippen LogP contribution in [0.15, 0.2) is 0 Å². The molecule has 0 aromatic heterocycles. The summed E-state index contributed by atoms with van der Waals surface area (Å²) in [5, 5.41) is 8.45. The molecule has 0 saturated carbocycles. The van der Waals surface area contributed by atoms with Crippen LogP contribution >= 0.6 is 73.2 Å². The summed E-state index contributed by atoms with van der Waals surface area (Å²) in [6.07, 6.45) is 0.861. The van der Waals surface area contributed by atoms with E-state index in [-0.39, 0.29) is 76.2 Å². The molecule has 1 aliphatic rings. The maximum Gasteiger partial charge on any atom is 0.225 e. The fraction of sp³-hybridized carbons (Fsp3) is 0.857. The number of ketones is 4. The van der Waals surface area contributed by atoms with Crippen LogP contribution in [-0.2, 0) is 47.7 Å². The molecule has 14 nitrogen and oxygen atoms in total. The third-order valence-electron chi connectivity index (χ3n) is 10.5. The van der Waals surface area contributed by atoms with Crippen LogP contribution in [0.3, 0.4) is 0 Å². The normalized spacial score (nSPS) is 17.8. The molecule has 364 valence electrons. The summed E-state index contributed by atoms with van der Waals surface area (Å²) >= 11 is 17.0. The zero-order valence-electron chi connectivity index (χ0n) is 40.1. The number of Topliss-reactive ketones (excluding diaryl/α,β-unsaturated/α-hetero) is 4. The van der Waals surface area contributed by atoms with Crippen LogP contribution in [0.5, 0.6) is 0 Å². The first-order chi connectivity index (χ1) is 28.6. The maximum atomic E-state index is 13.4. The molecule has 0 radical (unpaired) electrons. The fourth-order valence-corrected chi connectivity index (χ4v) is 9.29. The standard InChI is InChI=1S/C24H44N2O5S3.C13H24N2O3S3.C5H12O2/c1-11-19(27)17(14-34-24(6,7)31-10)25-21(29)16(13-33-23(4,5)30-9)12-20(28)18-15-32-22(2,3)26(18)8;1-3-11(16)10(7-21)15-13(18)8(5-19)4-12(17)9(6-20)14-2;1-5(2,6-3)7-4/h16-18H,11-15H2,1-10H3,(H,25,29);8-10,14,19-21H,3-7H2,1-2H3,(H,15,18);1-4H3/t16-,17-,18-;8-,9-,10-;/m00./s1. The Balaban J connectivity index is 0. The Hall–Kier alpha value is -0.520. The number of thiol groups is 3. The van der Waals surface area contributed by atoms with Gasteiger partial charge in [-0.05, 0) is 69.5 Å². The summed E-state index contributed by atoms with van der Waals surface area (Å²) in [5.41, 5.74) is 0. The van der Waals surface area contributed by atoms with Gasteiger partial charge in [-0.2, -0.15) is 37.9 Å². The highest BCUT2D eigenvalue weighted by molar-refractivity contribution is 8.01. The van der Waals surface area contributed by atoms with Gasteiger partial charge in [0.2, 0.25) is 11.8 Å². The van der Waals surface area contributed by atoms with Crippen molar-refractivity contribution in [3.05, 3.63) is 0 Å². The number of nitrogens with one attached hydrogen (secondary N) is 3. The van der Waals surface area contributed by atoms with Crippen LogP contribution in [0.25, 0.3) is 0 Å². The average molecular weight is 994 g/mol. The molecular weight excluding hydrogens is 913 g/mol. The SMILES string of the molecule is CCC(=O)[C@H](CS)NC(=O)[C@H](CS)CC(=O)[C@H](CS)NC.CCC(=O)[C@H](CSC(C)(C)OC)NC(=O)[C@H](CSC(C)(C)OC)CC(=O)[C@@H]1CSC(C)(C)N1C.COC(C)(C)OC. The van der Waals surface area contributed by atoms with E-state index in [4.69, 9.17) is 18.9 Å². The predicted octanol–water partition coefficient (Wildman–Crippen LogP) is 5.46. The van der Waals surface area contributed by atoms with Crippen molar-refractivity contribution >= 4 is 108 Å². The lowest BCUT2D eigenvalue weighted by molar-refractivity contribution is -0.178. The first-order valence-corrected chi connectivity index (χ1v) is 25.6. The quantitative estimate of drug-likeness (QED) is 0.0430. The van der Waals surface area contributed by atoms with Gasteiger partial charge in [-0.25, -0.2) is 0 Å². The smallest absolute Gasteiger partial charge is 0.225 e. The van der Waals surface area contributed by atoms with Gasteiger partial charge in [0.25, 0.3) is 0 Å². The van der Waals surface area contributed by atoms with Gasteiger partial charge >= 0.3 is 0 Å². The van der Waals surface area contributed by atoms with Gasteiger partial charge in [-0.15, -0.1) is 35.3 Å². The molecule has 1 aliphatic heterocycles. The van der Waals surface area contributed by atoms with Gasteiger partial charge in [0.15, 0.2) is 28.9 Å². The molecule has 2 amide bonds. The van der Waals surface area contributed by atoms with E-state index < -0.39 is 39.6 Å². The molecule has 0 bridgehead atoms. The third kappa shape index (κ3) is 24.3. The van der Waals surface area contributed by atoms with E-state index in [1.165, 1.54) is 23.5 Å². The summed E-state index contributed by atoms with van der Waals surface area (Å²) < 4.78 is 20.7. The Bertz CT molecular complexity index is 1380. The second-order valence-corrected chi connectivity index (χ2v) is 22.3. The number of methoxy groups -OCH3 is 4. The Morgan fingerprint density at radius 3 is 1.52 bits per heavy atom. The number of hydrogen-bond acceptors (Lipinski definition) is 18. The van der Waals surface area contributed by atoms with Gasteiger partial charge in [-0.1, -0.05) is 13.8 Å². The lowest BCUT2D eigenvalue weighted by atomic mass is 9.98. The molecular formula is C42H80N4O10S6. The molecule has 1 rings (SSSR count). The number of thioether (sulfide) groups is 3. The lowest BCUT2D eigenvalue weighted by Crippen LogP contribution is -2.48. The third-order valence-corrected chi connectivity index (χ3v) is 16.0. The van der Waals surface area contributed by atoms with Crippen LogP contribution < -0.4 is 16.0 Å². The van der Waals surface area contributed by atoms with E-state index in [9.17, 15) is 28.8 Å². The molecule has 0 aromatic carbocycles. The molecule has 0 spiro atoms. The van der Waals surface area contributed by atoms with E-state index in [0.29, 0.717) is 35.9 Å². The number of hydrogen-bond donors (Lipinski definition) is 6. The Kier molecular flexibility index (Phi) is 32.2. The van der Waals surface area contributed by atoms with E-state index in [2.05, 4.69) is 72.6 Å². The zero-order chi connectivity index (χ0) is 48.6. The summed E-state index contributed by atoms with van der Waals surface area (Å²) in [7, 11) is 10.1. The molecule has 6 atom stereocenters. The summed E-state index contributed by atoms with van der Waals surface area (Å²) in [6.45, 7) is 19.2. The largest absolute Gasteiger partial charge is 0.368 e. The number of likely N-dealkylation sites (N-methyl/N-ethyl adjacent to an activating group) is 2. The highest BCUT2D eigenvalue weighted by atomic mass is 32.2. The molecule has 0 aliphatic carbocycles. The average Bonchev–Trinajstić information content (AvgIpc) is 3.52. The zero-order valence-corrected chi connectivity index (χ0v) is 45.3. The van der Waals surface area contributed by atoms with E-state index >= 15 is 0 Å². The van der Waals surface area contributed by atoms with Gasteiger partial charge in [-0.3, -0.25) is 33.7 Å². The highest BCUT2D eigenvalue weighted by Crippen LogP contribution is 2.38. The van der Waals surface area contributed by atoms with Crippen molar-refractivity contribution in [2.75, 3.05) is 77.1 Å². The van der Waals surface area contributed by atoms with Crippen molar-refractivity contribution in [3.63, 3.8) is 0 Å². The molecule has 62 heavy (non-hydrogen) atoms.